The van der Waals surface area contributed by atoms with Crippen LogP contribution in [-0.2, 0) is 23.2 Å². The minimum absolute atomic E-state index is 0.905. The Hall–Kier alpha value is -4.19. The molecule has 18 heteroatoms. The normalized spacial score (nSPS) is 14.2. The van der Waals surface area contributed by atoms with Gasteiger partial charge in [-0.15, -0.1) is 0 Å². The number of anilines is 1. The second kappa shape index (κ2) is 13.0. The SMILES string of the molecule is Cn1cc(-c2cnc3c(N4CCN(Cc5ccsc5)CC4)nccn23)cn1.O=C(O)C(F)(F)F.O=C(O)C(F)(F)F. The van der Waals surface area contributed by atoms with E-state index in [0.717, 1.165) is 55.4 Å². The molecule has 0 saturated carbocycles. The number of aryl methyl sites for hydroxylation is 1. The van der Waals surface area contributed by atoms with Gasteiger partial charge in [0.2, 0.25) is 0 Å². The van der Waals surface area contributed by atoms with Crippen LogP contribution in [0.2, 0.25) is 0 Å². The minimum atomic E-state index is -5.08. The van der Waals surface area contributed by atoms with Crippen molar-refractivity contribution in [3.63, 3.8) is 0 Å². The highest BCUT2D eigenvalue weighted by molar-refractivity contribution is 7.07. The van der Waals surface area contributed by atoms with Crippen LogP contribution in [0, 0.1) is 0 Å². The fourth-order valence-electron chi connectivity index (χ4n) is 3.65. The number of rotatable bonds is 4. The Morgan fingerprint density at radius 1 is 0.976 bits per heavy atom. The maximum absolute atomic E-state index is 10.6. The molecule has 1 saturated heterocycles. The van der Waals surface area contributed by atoms with E-state index in [1.54, 1.807) is 11.3 Å². The molecule has 0 aliphatic carbocycles. The summed E-state index contributed by atoms with van der Waals surface area (Å²) >= 11 is 1.76. The second-order valence-electron chi connectivity index (χ2n) is 8.49. The highest BCUT2D eigenvalue weighted by Crippen LogP contribution is 2.25. The van der Waals surface area contributed by atoms with Gasteiger partial charge >= 0.3 is 24.3 Å². The molecule has 0 spiro atoms. The average molecular weight is 608 g/mol. The van der Waals surface area contributed by atoms with E-state index in [2.05, 4.69) is 46.1 Å². The van der Waals surface area contributed by atoms with Crippen LogP contribution in [0.15, 0.2) is 47.8 Å². The molecule has 2 N–H and O–H groups in total. The number of thiophene rings is 1. The van der Waals surface area contributed by atoms with Gasteiger partial charge in [-0.25, -0.2) is 19.6 Å². The van der Waals surface area contributed by atoms with Crippen LogP contribution in [0.25, 0.3) is 16.9 Å². The van der Waals surface area contributed by atoms with E-state index in [4.69, 9.17) is 19.8 Å². The minimum Gasteiger partial charge on any atom is -0.475 e. The van der Waals surface area contributed by atoms with Crippen molar-refractivity contribution in [1.82, 2.24) is 29.0 Å². The fourth-order valence-corrected chi connectivity index (χ4v) is 4.31. The Morgan fingerprint density at radius 2 is 1.59 bits per heavy atom. The molecule has 0 bridgehead atoms. The lowest BCUT2D eigenvalue weighted by Gasteiger charge is -2.35. The fraction of sp³-hybridized carbons (Fsp3) is 0.348. The zero-order chi connectivity index (χ0) is 30.4. The first-order valence-electron chi connectivity index (χ1n) is 11.6. The molecule has 1 aliphatic heterocycles. The lowest BCUT2D eigenvalue weighted by Crippen LogP contribution is -2.46. The zero-order valence-electron chi connectivity index (χ0n) is 21.2. The largest absolute Gasteiger partial charge is 0.490 e. The highest BCUT2D eigenvalue weighted by Gasteiger charge is 2.38. The van der Waals surface area contributed by atoms with Gasteiger partial charge in [-0.2, -0.15) is 42.8 Å². The summed E-state index contributed by atoms with van der Waals surface area (Å²) in [6, 6.07) is 2.21. The summed E-state index contributed by atoms with van der Waals surface area (Å²) in [7, 11) is 1.93. The van der Waals surface area contributed by atoms with Crippen molar-refractivity contribution in [3.8, 4) is 11.3 Å². The van der Waals surface area contributed by atoms with Crippen LogP contribution in [0.4, 0.5) is 32.2 Å². The van der Waals surface area contributed by atoms with Crippen LogP contribution in [0.3, 0.4) is 0 Å². The summed E-state index contributed by atoms with van der Waals surface area (Å²) in [5, 5.41) is 22.9. The van der Waals surface area contributed by atoms with E-state index < -0.39 is 24.3 Å². The van der Waals surface area contributed by atoms with Gasteiger partial charge in [0.15, 0.2) is 11.5 Å². The first-order chi connectivity index (χ1) is 19.2. The van der Waals surface area contributed by atoms with Crippen molar-refractivity contribution >= 4 is 34.7 Å². The summed E-state index contributed by atoms with van der Waals surface area (Å²) in [5.41, 5.74) is 4.41. The molecular weight excluding hydrogens is 584 g/mol. The van der Waals surface area contributed by atoms with Gasteiger partial charge < -0.3 is 15.1 Å². The van der Waals surface area contributed by atoms with Crippen molar-refractivity contribution < 1.29 is 46.1 Å². The number of carbonyl (C=O) groups is 2. The van der Waals surface area contributed by atoms with E-state index in [1.165, 1.54) is 5.56 Å². The van der Waals surface area contributed by atoms with Crippen LogP contribution < -0.4 is 4.90 Å². The van der Waals surface area contributed by atoms with Gasteiger partial charge in [0.1, 0.15) is 0 Å². The monoisotopic (exact) mass is 607 g/mol. The van der Waals surface area contributed by atoms with Crippen LogP contribution in [0.1, 0.15) is 5.56 Å². The lowest BCUT2D eigenvalue weighted by atomic mass is 10.2. The first-order valence-corrected chi connectivity index (χ1v) is 12.5. The summed E-state index contributed by atoms with van der Waals surface area (Å²) in [6.45, 7) is 5.03. The highest BCUT2D eigenvalue weighted by atomic mass is 32.1. The quantitative estimate of drug-likeness (QED) is 0.333. The van der Waals surface area contributed by atoms with Crippen molar-refractivity contribution in [2.45, 2.75) is 18.9 Å². The lowest BCUT2D eigenvalue weighted by molar-refractivity contribution is -0.193. The Bertz CT molecular complexity index is 1420. The van der Waals surface area contributed by atoms with Gasteiger partial charge in [-0.3, -0.25) is 14.0 Å². The molecular formula is C23H23F6N7O4S. The van der Waals surface area contributed by atoms with Crippen molar-refractivity contribution in [2.75, 3.05) is 31.1 Å². The van der Waals surface area contributed by atoms with Gasteiger partial charge in [0.05, 0.1) is 18.1 Å². The van der Waals surface area contributed by atoms with Crippen molar-refractivity contribution in [3.05, 3.63) is 53.4 Å². The first kappa shape index (κ1) is 31.3. The third kappa shape index (κ3) is 8.65. The Balaban J connectivity index is 0.000000276. The number of imidazole rings is 1. The molecule has 1 fully saturated rings. The summed E-state index contributed by atoms with van der Waals surface area (Å²) in [4.78, 5) is 32.0. The molecule has 0 amide bonds. The van der Waals surface area contributed by atoms with Crippen LogP contribution in [0.5, 0.6) is 0 Å². The van der Waals surface area contributed by atoms with Gasteiger partial charge in [0.25, 0.3) is 0 Å². The number of carboxylic acids is 2. The molecule has 4 aromatic rings. The van der Waals surface area contributed by atoms with Crippen molar-refractivity contribution in [2.24, 2.45) is 7.05 Å². The smallest absolute Gasteiger partial charge is 0.475 e. The second-order valence-corrected chi connectivity index (χ2v) is 9.27. The number of aliphatic carboxylic acids is 2. The predicted molar refractivity (Wildman–Crippen MR) is 134 cm³/mol. The molecule has 0 unspecified atom stereocenters. The molecule has 0 radical (unpaired) electrons. The number of carboxylic acid groups (broad SMARTS) is 2. The standard InChI is InChI=1S/C19H21N7S.2C2HF3O2/c1-23-13-16(10-22-23)17-11-21-19-18(20-3-4-26(17)19)25-7-5-24(6-8-25)12-15-2-9-27-14-15;2*3-2(4,5)1(6)7/h2-4,9-11,13-14H,5-8,12H2,1H3;2*(H,6,7). The number of fused-ring (bicyclic) bond motifs is 1. The van der Waals surface area contributed by atoms with Gasteiger partial charge in [-0.1, -0.05) is 0 Å². The molecule has 222 valence electrons. The topological polar surface area (TPSA) is 129 Å². The Labute approximate surface area is 231 Å². The predicted octanol–water partition coefficient (Wildman–Crippen LogP) is 3.78. The molecule has 5 rings (SSSR count). The number of halogens is 6. The number of hydrogen-bond donors (Lipinski definition) is 2. The summed E-state index contributed by atoms with van der Waals surface area (Å²) in [5.74, 6) is -4.55. The Kier molecular flexibility index (Phi) is 9.92. The van der Waals surface area contributed by atoms with E-state index in [-0.39, 0.29) is 0 Å². The molecule has 5 heterocycles. The maximum atomic E-state index is 10.6. The molecule has 0 aromatic carbocycles. The number of nitrogens with zero attached hydrogens (tertiary/aromatic N) is 7. The zero-order valence-corrected chi connectivity index (χ0v) is 22.0. The van der Waals surface area contributed by atoms with E-state index in [0.29, 0.717) is 0 Å². The molecule has 4 aromatic heterocycles. The van der Waals surface area contributed by atoms with E-state index in [9.17, 15) is 26.3 Å². The Morgan fingerprint density at radius 3 is 2.07 bits per heavy atom. The maximum Gasteiger partial charge on any atom is 0.490 e. The number of alkyl halides is 6. The third-order valence-electron chi connectivity index (χ3n) is 5.55. The molecule has 0 atom stereocenters. The molecule has 41 heavy (non-hydrogen) atoms. The average Bonchev–Trinajstić information content (AvgIpc) is 3.65. The van der Waals surface area contributed by atoms with Gasteiger partial charge in [-0.05, 0) is 22.4 Å². The van der Waals surface area contributed by atoms with E-state index >= 15 is 0 Å². The van der Waals surface area contributed by atoms with E-state index in [1.807, 2.05) is 42.7 Å². The van der Waals surface area contributed by atoms with Gasteiger partial charge in [0, 0.05) is 63.9 Å². The summed E-state index contributed by atoms with van der Waals surface area (Å²) < 4.78 is 67.4. The molecule has 1 aliphatic rings. The number of aromatic nitrogens is 5. The van der Waals surface area contributed by atoms with Crippen molar-refractivity contribution in [1.29, 1.82) is 0 Å². The summed E-state index contributed by atoms with van der Waals surface area (Å²) in [6.07, 6.45) is -0.549. The van der Waals surface area contributed by atoms with Crippen LogP contribution >= 0.6 is 11.3 Å². The molecule has 11 nitrogen and oxygen atoms in total. The van der Waals surface area contributed by atoms with Crippen LogP contribution in [-0.4, -0.2) is 89.7 Å². The third-order valence-corrected chi connectivity index (χ3v) is 6.29. The number of hydrogen-bond acceptors (Lipinski definition) is 8. The number of piperazine rings is 1.